The lowest BCUT2D eigenvalue weighted by Crippen LogP contribution is -2.32. The van der Waals surface area contributed by atoms with Crippen LogP contribution in [-0.2, 0) is 13.5 Å². The number of aryl methyl sites for hydroxylation is 1. The smallest absolute Gasteiger partial charge is 0.329 e. The molecule has 3 rings (SSSR count). The molecule has 3 N–H and O–H groups in total. The molecule has 9 nitrogen and oxygen atoms in total. The largest absolute Gasteiger partial charge is 0.467 e. The third kappa shape index (κ3) is 2.27. The van der Waals surface area contributed by atoms with E-state index in [1.165, 1.54) is 13.3 Å². The van der Waals surface area contributed by atoms with Crippen molar-refractivity contribution in [1.82, 2.24) is 19.5 Å². The number of aromatic amines is 2. The molecule has 0 aliphatic heterocycles. The Kier molecular flexibility index (Phi) is 3.26. The number of nitrogens with zero attached hydrogens (tertiary/aromatic N) is 2. The van der Waals surface area contributed by atoms with Crippen molar-refractivity contribution < 1.29 is 9.52 Å². The Bertz CT molecular complexity index is 996. The van der Waals surface area contributed by atoms with Gasteiger partial charge in [0.15, 0.2) is 5.52 Å². The molecule has 0 bridgehead atoms. The molecule has 0 amide bonds. The molecular weight excluding hydrogens is 292 g/mol. The number of aliphatic hydroxyl groups excluding tert-OH is 1. The van der Waals surface area contributed by atoms with Gasteiger partial charge < -0.3 is 14.5 Å². The predicted octanol–water partition coefficient (Wildman–Crippen LogP) is -0.821. The zero-order valence-electron chi connectivity index (χ0n) is 11.5. The Balaban J connectivity index is 2.12. The van der Waals surface area contributed by atoms with Crippen molar-refractivity contribution in [3.05, 3.63) is 61.0 Å². The second-order valence-corrected chi connectivity index (χ2v) is 4.76. The van der Waals surface area contributed by atoms with Gasteiger partial charge in [-0.1, -0.05) is 0 Å². The highest BCUT2D eigenvalue weighted by atomic mass is 16.4. The third-order valence-electron chi connectivity index (χ3n) is 3.30. The summed E-state index contributed by atoms with van der Waals surface area (Å²) in [4.78, 5) is 43.8. The zero-order valence-corrected chi connectivity index (χ0v) is 11.5. The topological polar surface area (TPSA) is 134 Å². The molecule has 0 unspecified atom stereocenters. The minimum atomic E-state index is -1.06. The van der Waals surface area contributed by atoms with Crippen LogP contribution in [0.2, 0.25) is 0 Å². The number of hydrogen-bond acceptors (Lipinski definition) is 6. The van der Waals surface area contributed by atoms with Crippen molar-refractivity contribution in [3.63, 3.8) is 0 Å². The highest BCUT2D eigenvalue weighted by Gasteiger charge is 2.17. The molecule has 114 valence electrons. The van der Waals surface area contributed by atoms with E-state index in [0.29, 0.717) is 0 Å². The number of rotatable bonds is 3. The molecule has 9 heteroatoms. The zero-order chi connectivity index (χ0) is 15.9. The summed E-state index contributed by atoms with van der Waals surface area (Å²) in [5.41, 5.74) is -2.03. The van der Waals surface area contributed by atoms with E-state index in [0.717, 1.165) is 4.57 Å². The van der Waals surface area contributed by atoms with Gasteiger partial charge in [0.25, 0.3) is 11.1 Å². The molecule has 3 aromatic heterocycles. The molecule has 0 saturated carbocycles. The highest BCUT2D eigenvalue weighted by molar-refractivity contribution is 5.68. The van der Waals surface area contributed by atoms with Crippen molar-refractivity contribution in [1.29, 1.82) is 0 Å². The van der Waals surface area contributed by atoms with E-state index in [2.05, 4.69) is 15.0 Å². The predicted molar refractivity (Wildman–Crippen MR) is 75.6 cm³/mol. The summed E-state index contributed by atoms with van der Waals surface area (Å²) in [6.07, 6.45) is 0.214. The van der Waals surface area contributed by atoms with Gasteiger partial charge >= 0.3 is 5.69 Å². The van der Waals surface area contributed by atoms with Gasteiger partial charge in [0, 0.05) is 13.5 Å². The minimum Gasteiger partial charge on any atom is -0.467 e. The van der Waals surface area contributed by atoms with Gasteiger partial charge in [-0.25, -0.2) is 9.78 Å². The van der Waals surface area contributed by atoms with Gasteiger partial charge in [-0.05, 0) is 12.1 Å². The first kappa shape index (κ1) is 14.0. The number of furan rings is 1. The number of nitrogens with one attached hydrogen (secondary N) is 2. The standard InChI is InChI=1S/C13H12N4O5/c1-17-10-9(12(20)16-13(17)21)14-6(11(19)15-10)5-7(18)8-3-2-4-22-8/h2-4,7,18H,5H2,1H3,(H,15,19)(H,16,20,21)/t7-/m1/s1. The lowest BCUT2D eigenvalue weighted by molar-refractivity contribution is 0.149. The monoisotopic (exact) mass is 304 g/mol. The second kappa shape index (κ2) is 5.11. The van der Waals surface area contributed by atoms with Gasteiger partial charge in [-0.15, -0.1) is 0 Å². The number of aromatic nitrogens is 4. The highest BCUT2D eigenvalue weighted by Crippen LogP contribution is 2.16. The van der Waals surface area contributed by atoms with Gasteiger partial charge in [0.1, 0.15) is 23.2 Å². The average molecular weight is 304 g/mol. The van der Waals surface area contributed by atoms with Crippen molar-refractivity contribution >= 4 is 11.2 Å². The molecule has 0 spiro atoms. The van der Waals surface area contributed by atoms with Gasteiger partial charge in [0.2, 0.25) is 0 Å². The first-order chi connectivity index (χ1) is 10.5. The van der Waals surface area contributed by atoms with Gasteiger partial charge in [-0.3, -0.25) is 19.1 Å². The lowest BCUT2D eigenvalue weighted by Gasteiger charge is -2.08. The van der Waals surface area contributed by atoms with Crippen LogP contribution in [0.5, 0.6) is 0 Å². The number of aliphatic hydroxyl groups is 1. The molecule has 3 aromatic rings. The molecule has 0 radical (unpaired) electrons. The maximum absolute atomic E-state index is 12.0. The second-order valence-electron chi connectivity index (χ2n) is 4.76. The lowest BCUT2D eigenvalue weighted by atomic mass is 10.1. The average Bonchev–Trinajstić information content (AvgIpc) is 3.00. The first-order valence-corrected chi connectivity index (χ1v) is 6.41. The summed E-state index contributed by atoms with van der Waals surface area (Å²) in [7, 11) is 1.40. The van der Waals surface area contributed by atoms with Crippen LogP contribution in [0, 0.1) is 0 Å². The molecule has 3 heterocycles. The first-order valence-electron chi connectivity index (χ1n) is 6.41. The Morgan fingerprint density at radius 2 is 2.09 bits per heavy atom. The molecule has 0 aliphatic carbocycles. The van der Waals surface area contributed by atoms with E-state index >= 15 is 0 Å². The van der Waals surface area contributed by atoms with Crippen LogP contribution in [0.4, 0.5) is 0 Å². The van der Waals surface area contributed by atoms with Crippen LogP contribution < -0.4 is 16.8 Å². The van der Waals surface area contributed by atoms with Crippen molar-refractivity contribution in [3.8, 4) is 0 Å². The van der Waals surface area contributed by atoms with Crippen LogP contribution in [0.15, 0.2) is 37.2 Å². The Morgan fingerprint density at radius 1 is 1.32 bits per heavy atom. The van der Waals surface area contributed by atoms with Crippen LogP contribution in [0.3, 0.4) is 0 Å². The molecule has 1 atom stereocenters. The van der Waals surface area contributed by atoms with E-state index in [9.17, 15) is 19.5 Å². The van der Waals surface area contributed by atoms with Gasteiger partial charge in [-0.2, -0.15) is 0 Å². The molecule has 0 aromatic carbocycles. The van der Waals surface area contributed by atoms with Crippen LogP contribution in [0.1, 0.15) is 17.6 Å². The van der Waals surface area contributed by atoms with E-state index in [4.69, 9.17) is 4.42 Å². The third-order valence-corrected chi connectivity index (χ3v) is 3.30. The summed E-state index contributed by atoms with van der Waals surface area (Å²) < 4.78 is 6.13. The molecule has 0 aliphatic rings. The van der Waals surface area contributed by atoms with Crippen LogP contribution in [0.25, 0.3) is 11.2 Å². The molecule has 0 saturated heterocycles. The number of hydrogen-bond donors (Lipinski definition) is 3. The summed E-state index contributed by atoms with van der Waals surface area (Å²) in [5.74, 6) is 0.288. The van der Waals surface area contributed by atoms with Crippen molar-refractivity contribution in [2.45, 2.75) is 12.5 Å². The number of fused-ring (bicyclic) bond motifs is 1. The Hall–Kier alpha value is -2.94. The van der Waals surface area contributed by atoms with E-state index < -0.39 is 22.9 Å². The Morgan fingerprint density at radius 3 is 2.77 bits per heavy atom. The maximum atomic E-state index is 12.0. The quantitative estimate of drug-likeness (QED) is 0.578. The summed E-state index contributed by atoms with van der Waals surface area (Å²) in [5, 5.41) is 10.00. The summed E-state index contributed by atoms with van der Waals surface area (Å²) >= 11 is 0. The summed E-state index contributed by atoms with van der Waals surface area (Å²) in [6, 6.07) is 3.17. The normalized spacial score (nSPS) is 12.6. The fourth-order valence-corrected chi connectivity index (χ4v) is 2.12. The van der Waals surface area contributed by atoms with E-state index in [1.807, 2.05) is 0 Å². The van der Waals surface area contributed by atoms with E-state index in [1.54, 1.807) is 12.1 Å². The van der Waals surface area contributed by atoms with Gasteiger partial charge in [0.05, 0.1) is 6.26 Å². The van der Waals surface area contributed by atoms with Crippen LogP contribution >= 0.6 is 0 Å². The number of H-pyrrole nitrogens is 2. The Labute approximate surface area is 121 Å². The molecule has 22 heavy (non-hydrogen) atoms. The fraction of sp³-hybridized carbons (Fsp3) is 0.231. The van der Waals surface area contributed by atoms with E-state index in [-0.39, 0.29) is 29.0 Å². The van der Waals surface area contributed by atoms with Crippen molar-refractivity contribution in [2.75, 3.05) is 0 Å². The van der Waals surface area contributed by atoms with Crippen molar-refractivity contribution in [2.24, 2.45) is 7.05 Å². The SMILES string of the molecule is Cn1c(=O)[nH]c(=O)c2nc(C[C@@H](O)c3ccco3)c(=O)[nH]c21. The fourth-order valence-electron chi connectivity index (χ4n) is 2.12. The minimum absolute atomic E-state index is 0.0231. The summed E-state index contributed by atoms with van der Waals surface area (Å²) in [6.45, 7) is 0. The maximum Gasteiger partial charge on any atom is 0.329 e. The molecular formula is C13H12N4O5. The van der Waals surface area contributed by atoms with Crippen LogP contribution in [-0.4, -0.2) is 24.6 Å². The molecule has 0 fully saturated rings.